The van der Waals surface area contributed by atoms with E-state index in [-0.39, 0.29) is 11.6 Å². The smallest absolute Gasteiger partial charge is 0.123 e. The number of allylic oxidation sites excluding steroid dienone is 2. The van der Waals surface area contributed by atoms with Crippen LogP contribution in [0.3, 0.4) is 0 Å². The molecule has 0 saturated heterocycles. The van der Waals surface area contributed by atoms with E-state index in [0.29, 0.717) is 0 Å². The molecule has 0 nitrogen and oxygen atoms in total. The minimum atomic E-state index is -0.239. The Morgan fingerprint density at radius 3 is 1.63 bits per heavy atom. The molecule has 0 spiro atoms. The van der Waals surface area contributed by atoms with Crippen molar-refractivity contribution >= 4 is 11.1 Å². The summed E-state index contributed by atoms with van der Waals surface area (Å²) in [5.74, 6) is -0.477. The molecule has 0 N–H and O–H groups in total. The largest absolute Gasteiger partial charge is 0.207 e. The van der Waals surface area contributed by atoms with Gasteiger partial charge < -0.3 is 0 Å². The molecule has 2 heteroatoms. The summed E-state index contributed by atoms with van der Waals surface area (Å²) in [6.07, 6.45) is 0.842. The Morgan fingerprint density at radius 2 is 1.21 bits per heavy atom. The topological polar surface area (TPSA) is 0 Å². The number of hydrogen-bond donors (Lipinski definition) is 0. The van der Waals surface area contributed by atoms with Gasteiger partial charge in [-0.15, -0.1) is 0 Å². The fourth-order valence-electron chi connectivity index (χ4n) is 2.21. The molecule has 0 heterocycles. The van der Waals surface area contributed by atoms with Gasteiger partial charge in [0.05, 0.1) is 0 Å². The first-order chi connectivity index (χ1) is 9.11. The predicted octanol–water partition coefficient (Wildman–Crippen LogP) is 5.31. The van der Waals surface area contributed by atoms with Gasteiger partial charge >= 0.3 is 0 Å². The summed E-state index contributed by atoms with van der Waals surface area (Å²) in [7, 11) is 0. The quantitative estimate of drug-likeness (QED) is 0.655. The molecule has 0 saturated carbocycles. The van der Waals surface area contributed by atoms with Gasteiger partial charge in [0.25, 0.3) is 0 Å². The molecule has 2 aromatic carbocycles. The van der Waals surface area contributed by atoms with Crippen LogP contribution in [0.5, 0.6) is 0 Å². The van der Waals surface area contributed by atoms with E-state index in [1.165, 1.54) is 24.3 Å². The fourth-order valence-corrected chi connectivity index (χ4v) is 2.21. The highest BCUT2D eigenvalue weighted by Gasteiger charge is 2.06. The van der Waals surface area contributed by atoms with E-state index in [0.717, 1.165) is 28.7 Å². The van der Waals surface area contributed by atoms with Crippen molar-refractivity contribution in [1.82, 2.24) is 0 Å². The summed E-state index contributed by atoms with van der Waals surface area (Å²) in [5.41, 5.74) is 4.23. The fraction of sp³-hybridized carbons (Fsp3) is 0.176. The lowest BCUT2D eigenvalue weighted by Gasteiger charge is -2.11. The molecule has 19 heavy (non-hydrogen) atoms. The molecule has 0 aromatic heterocycles. The zero-order valence-corrected chi connectivity index (χ0v) is 11.1. The molecule has 2 aromatic rings. The standard InChI is InChI=1S/C17H16F2/c1-3-17(14-6-10-16(19)11-7-14)12(2)13-4-8-15(18)9-5-13/h4-11H,3H2,1-2H3/b17-12-. The van der Waals surface area contributed by atoms with Gasteiger partial charge in [0.15, 0.2) is 0 Å². The summed E-state index contributed by atoms with van der Waals surface area (Å²) in [6, 6.07) is 12.9. The lowest BCUT2D eigenvalue weighted by Crippen LogP contribution is -1.90. The van der Waals surface area contributed by atoms with Crippen molar-refractivity contribution in [2.75, 3.05) is 0 Å². The number of benzene rings is 2. The molecule has 0 atom stereocenters. The molecule has 0 aliphatic rings. The van der Waals surface area contributed by atoms with Crippen LogP contribution in [0.1, 0.15) is 31.4 Å². The summed E-state index contributed by atoms with van der Waals surface area (Å²) in [6.45, 7) is 4.07. The lowest BCUT2D eigenvalue weighted by atomic mass is 9.94. The summed E-state index contributed by atoms with van der Waals surface area (Å²) < 4.78 is 25.9. The van der Waals surface area contributed by atoms with Crippen molar-refractivity contribution in [2.45, 2.75) is 20.3 Å². The van der Waals surface area contributed by atoms with E-state index in [1.807, 2.05) is 6.92 Å². The highest BCUT2D eigenvalue weighted by atomic mass is 19.1. The number of hydrogen-bond acceptors (Lipinski definition) is 0. The maximum absolute atomic E-state index is 13.0. The molecule has 0 unspecified atom stereocenters. The first-order valence-electron chi connectivity index (χ1n) is 6.33. The van der Waals surface area contributed by atoms with Gasteiger partial charge in [0.1, 0.15) is 11.6 Å². The van der Waals surface area contributed by atoms with E-state index < -0.39 is 0 Å². The highest BCUT2D eigenvalue weighted by Crippen LogP contribution is 2.28. The van der Waals surface area contributed by atoms with Crippen molar-refractivity contribution < 1.29 is 8.78 Å². The highest BCUT2D eigenvalue weighted by molar-refractivity contribution is 5.89. The number of halogens is 2. The monoisotopic (exact) mass is 258 g/mol. The first-order valence-corrected chi connectivity index (χ1v) is 6.33. The van der Waals surface area contributed by atoms with Crippen molar-refractivity contribution in [3.8, 4) is 0 Å². The Bertz CT molecular complexity index is 578. The van der Waals surface area contributed by atoms with E-state index in [2.05, 4.69) is 6.92 Å². The summed E-state index contributed by atoms with van der Waals surface area (Å²) >= 11 is 0. The predicted molar refractivity (Wildman–Crippen MR) is 75.6 cm³/mol. The second kappa shape index (κ2) is 5.79. The van der Waals surface area contributed by atoms with Gasteiger partial charge in [-0.25, -0.2) is 8.78 Å². The third-order valence-corrected chi connectivity index (χ3v) is 3.28. The van der Waals surface area contributed by atoms with Crippen LogP contribution < -0.4 is 0 Å². The molecule has 98 valence electrons. The van der Waals surface area contributed by atoms with Crippen LogP contribution in [0.25, 0.3) is 11.1 Å². The molecular formula is C17H16F2. The Hall–Kier alpha value is -1.96. The SMILES string of the molecule is CC/C(=C(\C)c1ccc(F)cc1)c1ccc(F)cc1. The second-order valence-electron chi connectivity index (χ2n) is 4.47. The van der Waals surface area contributed by atoms with Crippen LogP contribution in [0.2, 0.25) is 0 Å². The van der Waals surface area contributed by atoms with Crippen LogP contribution in [0.15, 0.2) is 48.5 Å². The van der Waals surface area contributed by atoms with Gasteiger partial charge in [-0.2, -0.15) is 0 Å². The third-order valence-electron chi connectivity index (χ3n) is 3.28. The zero-order chi connectivity index (χ0) is 13.8. The molecule has 0 fully saturated rings. The number of rotatable bonds is 3. The van der Waals surface area contributed by atoms with Gasteiger partial charge in [-0.05, 0) is 59.9 Å². The molecule has 0 amide bonds. The van der Waals surface area contributed by atoms with E-state index >= 15 is 0 Å². The van der Waals surface area contributed by atoms with Crippen molar-refractivity contribution in [1.29, 1.82) is 0 Å². The Morgan fingerprint density at radius 1 is 0.789 bits per heavy atom. The van der Waals surface area contributed by atoms with Crippen LogP contribution in [0, 0.1) is 11.6 Å². The summed E-state index contributed by atoms with van der Waals surface area (Å²) in [4.78, 5) is 0. The zero-order valence-electron chi connectivity index (χ0n) is 11.1. The van der Waals surface area contributed by atoms with E-state index in [1.54, 1.807) is 24.3 Å². The van der Waals surface area contributed by atoms with Crippen LogP contribution in [0.4, 0.5) is 8.78 Å². The molecule has 2 rings (SSSR count). The van der Waals surface area contributed by atoms with Crippen molar-refractivity contribution in [3.63, 3.8) is 0 Å². The molecule has 0 radical (unpaired) electrons. The van der Waals surface area contributed by atoms with Crippen molar-refractivity contribution in [3.05, 3.63) is 71.3 Å². The molecule has 0 aliphatic carbocycles. The van der Waals surface area contributed by atoms with Gasteiger partial charge in [-0.3, -0.25) is 0 Å². The molecule has 0 aliphatic heterocycles. The van der Waals surface area contributed by atoms with Crippen LogP contribution in [-0.2, 0) is 0 Å². The first kappa shape index (κ1) is 13.5. The lowest BCUT2D eigenvalue weighted by molar-refractivity contribution is 0.627. The second-order valence-corrected chi connectivity index (χ2v) is 4.47. The van der Waals surface area contributed by atoms with E-state index in [4.69, 9.17) is 0 Å². The Labute approximate surface area is 112 Å². The Balaban J connectivity index is 2.46. The van der Waals surface area contributed by atoms with Crippen LogP contribution in [-0.4, -0.2) is 0 Å². The minimum Gasteiger partial charge on any atom is -0.207 e. The normalized spacial score (nSPS) is 12.2. The summed E-state index contributed by atoms with van der Waals surface area (Å²) in [5, 5.41) is 0. The average Bonchev–Trinajstić information content (AvgIpc) is 2.42. The van der Waals surface area contributed by atoms with E-state index in [9.17, 15) is 8.78 Å². The maximum Gasteiger partial charge on any atom is 0.123 e. The average molecular weight is 258 g/mol. The van der Waals surface area contributed by atoms with Gasteiger partial charge in [0, 0.05) is 0 Å². The van der Waals surface area contributed by atoms with Gasteiger partial charge in [-0.1, -0.05) is 31.2 Å². The maximum atomic E-state index is 13.0. The minimum absolute atomic E-state index is 0.237. The Kier molecular flexibility index (Phi) is 4.10. The van der Waals surface area contributed by atoms with Crippen molar-refractivity contribution in [2.24, 2.45) is 0 Å². The van der Waals surface area contributed by atoms with Crippen LogP contribution >= 0.6 is 0 Å². The molecule has 0 bridgehead atoms. The van der Waals surface area contributed by atoms with Gasteiger partial charge in [0.2, 0.25) is 0 Å². The third kappa shape index (κ3) is 3.08. The molecular weight excluding hydrogens is 242 g/mol.